The second-order valence-electron chi connectivity index (χ2n) is 2.57. The Hall–Kier alpha value is -0.263. The van der Waals surface area contributed by atoms with Crippen molar-refractivity contribution in [3.8, 4) is 11.5 Å². The first-order valence-corrected chi connectivity index (χ1v) is 6.16. The van der Waals surface area contributed by atoms with Gasteiger partial charge in [0.15, 0.2) is 0 Å². The Balaban J connectivity index is 3.57. The lowest BCUT2D eigenvalue weighted by Crippen LogP contribution is -2.03. The monoisotopic (exact) mass is 155 g/mol. The minimum Gasteiger partial charge on any atom is -0.380 e. The van der Waals surface area contributed by atoms with Gasteiger partial charge in [0.1, 0.15) is 14.9 Å². The minimum absolute atomic E-state index is 0.384. The summed E-state index contributed by atoms with van der Waals surface area (Å²) in [6.45, 7) is 6.29. The molecular weight excluding hydrogens is 140 g/mol. The molecule has 0 amide bonds. The third-order valence-corrected chi connectivity index (χ3v) is 1.70. The molecule has 57 valence electrons. The molecule has 0 aliphatic carbocycles. The molecule has 1 unspecified atom stereocenters. The zero-order chi connectivity index (χ0) is 7.98. The maximum Gasteiger partial charge on any atom is 0.138 e. The fraction of sp³-hybridized carbons (Fsp3) is 0.750. The number of hydrogen-bond acceptors (Lipinski definition) is 1. The molecule has 1 radical (unpaired) electrons. The van der Waals surface area contributed by atoms with Crippen molar-refractivity contribution in [1.29, 1.82) is 0 Å². The van der Waals surface area contributed by atoms with E-state index in [1.54, 1.807) is 0 Å². The smallest absolute Gasteiger partial charge is 0.138 e. The molecule has 0 aromatic heterocycles. The fourth-order valence-corrected chi connectivity index (χ4v) is 1.03. The molecule has 0 aromatic rings. The van der Waals surface area contributed by atoms with Crippen molar-refractivity contribution in [1.82, 2.24) is 0 Å². The van der Waals surface area contributed by atoms with Crippen molar-refractivity contribution in [3.63, 3.8) is 0 Å². The molecule has 0 aliphatic rings. The van der Waals surface area contributed by atoms with Crippen LogP contribution in [-0.4, -0.2) is 20.0 Å². The van der Waals surface area contributed by atoms with Crippen LogP contribution in [0.1, 0.15) is 19.8 Å². The summed E-state index contributed by atoms with van der Waals surface area (Å²) < 4.78 is 0. The van der Waals surface area contributed by atoms with Crippen LogP contribution in [0.4, 0.5) is 0 Å². The van der Waals surface area contributed by atoms with Crippen LogP contribution in [-0.2, 0) is 0 Å². The predicted molar refractivity (Wildman–Crippen MR) is 46.2 cm³/mol. The molecule has 1 atom stereocenters. The van der Waals surface area contributed by atoms with Crippen LogP contribution >= 0.6 is 0 Å². The van der Waals surface area contributed by atoms with Crippen LogP contribution in [0.25, 0.3) is 0 Å². The van der Waals surface area contributed by atoms with Gasteiger partial charge in [-0.2, -0.15) is 0 Å². The Morgan fingerprint density at radius 1 is 1.50 bits per heavy atom. The Kier molecular flexibility index (Phi) is 5.37. The normalized spacial score (nSPS) is 12.5. The van der Waals surface area contributed by atoms with Crippen LogP contribution in [0.15, 0.2) is 0 Å². The summed E-state index contributed by atoms with van der Waals surface area (Å²) in [6, 6.07) is 0. The Bertz CT molecular complexity index is 132. The van der Waals surface area contributed by atoms with Crippen LogP contribution < -0.4 is 0 Å². The highest BCUT2D eigenvalue weighted by Crippen LogP contribution is 1.93. The highest BCUT2D eigenvalue weighted by Gasteiger charge is 1.95. The van der Waals surface area contributed by atoms with Crippen molar-refractivity contribution in [2.75, 3.05) is 0 Å². The van der Waals surface area contributed by atoms with E-state index in [9.17, 15) is 0 Å². The molecule has 0 fully saturated rings. The summed E-state index contributed by atoms with van der Waals surface area (Å²) in [5, 5.41) is 9.14. The highest BCUT2D eigenvalue weighted by molar-refractivity contribution is 6.64. The lowest BCUT2D eigenvalue weighted by molar-refractivity contribution is 0.221. The van der Waals surface area contributed by atoms with Crippen molar-refractivity contribution in [3.05, 3.63) is 0 Å². The summed E-state index contributed by atoms with van der Waals surface area (Å²) >= 11 is 0. The quantitative estimate of drug-likeness (QED) is 0.472. The van der Waals surface area contributed by atoms with E-state index in [2.05, 4.69) is 31.5 Å². The van der Waals surface area contributed by atoms with Gasteiger partial charge in [0.05, 0.1) is 0 Å². The summed E-state index contributed by atoms with van der Waals surface area (Å²) in [4.78, 5) is 0. The van der Waals surface area contributed by atoms with Gasteiger partial charge in [-0.05, 0) is 6.42 Å². The van der Waals surface area contributed by atoms with E-state index < -0.39 is 8.80 Å². The zero-order valence-electron chi connectivity index (χ0n) is 6.94. The van der Waals surface area contributed by atoms with Gasteiger partial charge in [-0.15, -0.1) is 5.54 Å². The highest BCUT2D eigenvalue weighted by atomic mass is 28.3. The number of hydrogen-bond donors (Lipinski definition) is 1. The molecule has 0 saturated heterocycles. The standard InChI is InChI=1S/C8H15OSi/c1-4-5-8(9)6-7-10(2)3/h8-9H,4-5H2,1-3H3. The average Bonchev–Trinajstić information content (AvgIpc) is 1.85. The Morgan fingerprint density at radius 3 is 2.50 bits per heavy atom. The molecule has 1 nitrogen and oxygen atoms in total. The topological polar surface area (TPSA) is 20.2 Å². The Labute approximate surface area is 65.1 Å². The van der Waals surface area contributed by atoms with Gasteiger partial charge in [-0.25, -0.2) is 0 Å². The molecule has 1 N–H and O–H groups in total. The van der Waals surface area contributed by atoms with Crippen molar-refractivity contribution >= 4 is 8.80 Å². The summed E-state index contributed by atoms with van der Waals surface area (Å²) in [7, 11) is -0.469. The second-order valence-corrected chi connectivity index (χ2v) is 4.82. The van der Waals surface area contributed by atoms with Gasteiger partial charge in [-0.3, -0.25) is 0 Å². The number of rotatable bonds is 2. The predicted octanol–water partition coefficient (Wildman–Crippen LogP) is 1.44. The van der Waals surface area contributed by atoms with E-state index in [0.29, 0.717) is 0 Å². The third kappa shape index (κ3) is 5.87. The first kappa shape index (κ1) is 9.74. The van der Waals surface area contributed by atoms with Crippen molar-refractivity contribution in [2.45, 2.75) is 39.0 Å². The van der Waals surface area contributed by atoms with E-state index in [1.807, 2.05) is 0 Å². The van der Waals surface area contributed by atoms with E-state index in [0.717, 1.165) is 12.8 Å². The number of aliphatic hydroxyl groups is 1. The first-order valence-electron chi connectivity index (χ1n) is 3.66. The molecule has 0 saturated carbocycles. The SMILES string of the molecule is CCCC(O)C#C[Si](C)C. The molecule has 0 aromatic carbocycles. The Morgan fingerprint density at radius 2 is 2.10 bits per heavy atom. The number of aliphatic hydroxyl groups excluding tert-OH is 1. The molecule has 0 rings (SSSR count). The van der Waals surface area contributed by atoms with Gasteiger partial charge in [0.2, 0.25) is 0 Å². The maximum absolute atomic E-state index is 9.14. The van der Waals surface area contributed by atoms with Gasteiger partial charge >= 0.3 is 0 Å². The van der Waals surface area contributed by atoms with E-state index in [1.165, 1.54) is 0 Å². The first-order chi connectivity index (χ1) is 4.66. The lowest BCUT2D eigenvalue weighted by atomic mass is 10.2. The van der Waals surface area contributed by atoms with E-state index in [4.69, 9.17) is 5.11 Å². The summed E-state index contributed by atoms with van der Waals surface area (Å²) in [6.07, 6.45) is 1.43. The van der Waals surface area contributed by atoms with Crippen molar-refractivity contribution < 1.29 is 5.11 Å². The molecule has 10 heavy (non-hydrogen) atoms. The molecule has 0 spiro atoms. The zero-order valence-corrected chi connectivity index (χ0v) is 7.94. The second kappa shape index (κ2) is 5.52. The van der Waals surface area contributed by atoms with Crippen LogP contribution in [0, 0.1) is 11.5 Å². The molecule has 0 bridgehead atoms. The van der Waals surface area contributed by atoms with Crippen LogP contribution in [0.5, 0.6) is 0 Å². The van der Waals surface area contributed by atoms with Crippen LogP contribution in [0.3, 0.4) is 0 Å². The fourth-order valence-electron chi connectivity index (χ4n) is 0.573. The largest absolute Gasteiger partial charge is 0.380 e. The van der Waals surface area contributed by atoms with E-state index >= 15 is 0 Å². The average molecular weight is 155 g/mol. The molecular formula is C8H15OSi. The van der Waals surface area contributed by atoms with E-state index in [-0.39, 0.29) is 6.10 Å². The van der Waals surface area contributed by atoms with Gasteiger partial charge in [0, 0.05) is 0 Å². The van der Waals surface area contributed by atoms with Gasteiger partial charge in [0.25, 0.3) is 0 Å². The maximum atomic E-state index is 9.14. The van der Waals surface area contributed by atoms with Crippen LogP contribution in [0.2, 0.25) is 13.1 Å². The summed E-state index contributed by atoms with van der Waals surface area (Å²) in [5.41, 5.74) is 3.03. The molecule has 0 aliphatic heterocycles. The molecule has 0 heterocycles. The van der Waals surface area contributed by atoms with Gasteiger partial charge in [-0.1, -0.05) is 32.4 Å². The molecule has 2 heteroatoms. The summed E-state index contributed by atoms with van der Waals surface area (Å²) in [5.74, 6) is 2.83. The van der Waals surface area contributed by atoms with Crippen molar-refractivity contribution in [2.24, 2.45) is 0 Å². The third-order valence-electron chi connectivity index (χ3n) is 1.05. The minimum atomic E-state index is -0.469. The lowest BCUT2D eigenvalue weighted by Gasteiger charge is -1.97. The van der Waals surface area contributed by atoms with Gasteiger partial charge < -0.3 is 5.11 Å².